The van der Waals surface area contributed by atoms with E-state index in [-0.39, 0.29) is 0 Å². The zero-order chi connectivity index (χ0) is 10.8. The van der Waals surface area contributed by atoms with E-state index in [4.69, 9.17) is 11.6 Å². The summed E-state index contributed by atoms with van der Waals surface area (Å²) < 4.78 is 1.72. The van der Waals surface area contributed by atoms with Gasteiger partial charge in [0, 0.05) is 28.6 Å². The minimum Gasteiger partial charge on any atom is -0.263 e. The van der Waals surface area contributed by atoms with Crippen LogP contribution in [0.1, 0.15) is 0 Å². The Morgan fingerprint density at radius 1 is 1.27 bits per heavy atom. The smallest absolute Gasteiger partial charge is 0.162 e. The van der Waals surface area contributed by atoms with E-state index in [0.29, 0.717) is 11.0 Å². The fraction of sp³-hybridized carbons (Fsp3) is 0. The largest absolute Gasteiger partial charge is 0.263 e. The van der Waals surface area contributed by atoms with Gasteiger partial charge in [-0.15, -0.1) is 0 Å². The fourth-order valence-electron chi connectivity index (χ4n) is 1.02. The van der Waals surface area contributed by atoms with Crippen LogP contribution in [0.5, 0.6) is 0 Å². The number of aromatic nitrogens is 3. The minimum absolute atomic E-state index is 0.459. The summed E-state index contributed by atoms with van der Waals surface area (Å²) in [4.78, 5) is 12.4. The van der Waals surface area contributed by atoms with Crippen LogP contribution in [0.3, 0.4) is 0 Å². The lowest BCUT2D eigenvalue weighted by molar-refractivity contribution is 1.15. The number of rotatable bonds is 1. The van der Waals surface area contributed by atoms with Gasteiger partial charge in [0.1, 0.15) is 5.15 Å². The molecule has 6 heteroatoms. The summed E-state index contributed by atoms with van der Waals surface area (Å²) in [6.45, 7) is 0. The van der Waals surface area contributed by atoms with Crippen LogP contribution >= 0.6 is 50.1 Å². The molecular weight excluding hydrogens is 392 g/mol. The first-order chi connectivity index (χ1) is 7.16. The Morgan fingerprint density at radius 2 is 2.07 bits per heavy atom. The number of nitrogens with zero attached hydrogens (tertiary/aromatic N) is 3. The van der Waals surface area contributed by atoms with E-state index in [0.717, 1.165) is 13.6 Å². The average molecular weight is 396 g/mol. The van der Waals surface area contributed by atoms with Crippen molar-refractivity contribution in [3.8, 4) is 11.4 Å². The molecule has 76 valence electrons. The summed E-state index contributed by atoms with van der Waals surface area (Å²) in [6, 6.07) is 1.89. The highest BCUT2D eigenvalue weighted by Gasteiger charge is 2.05. The molecule has 0 fully saturated rings. The van der Waals surface area contributed by atoms with E-state index < -0.39 is 0 Å². The van der Waals surface area contributed by atoms with Gasteiger partial charge in [-0.1, -0.05) is 11.6 Å². The molecule has 0 unspecified atom stereocenters. The zero-order valence-electron chi connectivity index (χ0n) is 7.28. The van der Waals surface area contributed by atoms with Crippen LogP contribution in [0, 0.1) is 3.57 Å². The first kappa shape index (κ1) is 11.2. The van der Waals surface area contributed by atoms with Crippen LogP contribution < -0.4 is 0 Å². The van der Waals surface area contributed by atoms with Gasteiger partial charge in [-0.05, 0) is 44.6 Å². The molecule has 2 rings (SSSR count). The molecule has 3 nitrogen and oxygen atoms in total. The van der Waals surface area contributed by atoms with E-state index in [9.17, 15) is 0 Å². The molecule has 0 saturated heterocycles. The van der Waals surface area contributed by atoms with Crippen molar-refractivity contribution in [1.82, 2.24) is 15.0 Å². The maximum absolute atomic E-state index is 5.91. The topological polar surface area (TPSA) is 38.7 Å². The molecule has 0 bridgehead atoms. The Balaban J connectivity index is 2.50. The van der Waals surface area contributed by atoms with Gasteiger partial charge in [-0.25, -0.2) is 9.97 Å². The summed E-state index contributed by atoms with van der Waals surface area (Å²) in [5, 5.41) is 0.459. The van der Waals surface area contributed by atoms with Crippen molar-refractivity contribution in [2.24, 2.45) is 0 Å². The second-order valence-corrected chi connectivity index (χ2v) is 5.16. The average Bonchev–Trinajstić information content (AvgIpc) is 2.22. The zero-order valence-corrected chi connectivity index (χ0v) is 11.8. The quantitative estimate of drug-likeness (QED) is 0.547. The van der Waals surface area contributed by atoms with Crippen LogP contribution in [-0.4, -0.2) is 15.0 Å². The third-order valence-corrected chi connectivity index (χ3v) is 3.49. The lowest BCUT2D eigenvalue weighted by Crippen LogP contribution is -1.91. The molecule has 0 N–H and O–H groups in total. The number of halogens is 3. The van der Waals surface area contributed by atoms with Crippen LogP contribution in [0.4, 0.5) is 0 Å². The Morgan fingerprint density at radius 3 is 2.73 bits per heavy atom. The van der Waals surface area contributed by atoms with Crippen LogP contribution in [-0.2, 0) is 0 Å². The molecule has 0 atom stereocenters. The van der Waals surface area contributed by atoms with Crippen LogP contribution in [0.25, 0.3) is 11.4 Å². The lowest BCUT2D eigenvalue weighted by atomic mass is 10.3. The molecule has 0 spiro atoms. The molecule has 0 aliphatic rings. The summed E-state index contributed by atoms with van der Waals surface area (Å²) in [5.41, 5.74) is 0.836. The maximum Gasteiger partial charge on any atom is 0.162 e. The molecule has 0 saturated carbocycles. The Kier molecular flexibility index (Phi) is 3.53. The highest BCUT2D eigenvalue weighted by atomic mass is 127. The van der Waals surface area contributed by atoms with Gasteiger partial charge in [0.05, 0.1) is 3.57 Å². The van der Waals surface area contributed by atoms with Crippen molar-refractivity contribution in [2.45, 2.75) is 0 Å². The second-order valence-electron chi connectivity index (χ2n) is 2.72. The molecule has 2 aromatic heterocycles. The van der Waals surface area contributed by atoms with E-state index in [1.54, 1.807) is 18.6 Å². The van der Waals surface area contributed by atoms with Crippen molar-refractivity contribution in [1.29, 1.82) is 0 Å². The molecule has 15 heavy (non-hydrogen) atoms. The van der Waals surface area contributed by atoms with Gasteiger partial charge in [0.15, 0.2) is 5.82 Å². The minimum atomic E-state index is 0.459. The molecule has 0 aromatic carbocycles. The first-order valence-electron chi connectivity index (χ1n) is 3.96. The second kappa shape index (κ2) is 4.71. The molecule has 0 radical (unpaired) electrons. The van der Waals surface area contributed by atoms with Gasteiger partial charge in [-0.3, -0.25) is 4.98 Å². The standard InChI is InChI=1S/C9H4BrClIN3/c10-6-1-5(2-13-3-6)9-14-4-7(12)8(11)15-9/h1-4H. The van der Waals surface area contributed by atoms with Crippen molar-refractivity contribution in [3.63, 3.8) is 0 Å². The van der Waals surface area contributed by atoms with Gasteiger partial charge in [-0.2, -0.15) is 0 Å². The summed E-state index contributed by atoms with van der Waals surface area (Å²) in [7, 11) is 0. The van der Waals surface area contributed by atoms with E-state index in [2.05, 4.69) is 53.5 Å². The summed E-state index contributed by atoms with van der Waals surface area (Å²) >= 11 is 11.3. The molecule has 0 aliphatic carbocycles. The molecule has 2 heterocycles. The number of hydrogen-bond acceptors (Lipinski definition) is 3. The molecule has 0 amide bonds. The number of hydrogen-bond donors (Lipinski definition) is 0. The molecule has 0 aliphatic heterocycles. The van der Waals surface area contributed by atoms with Gasteiger partial charge < -0.3 is 0 Å². The van der Waals surface area contributed by atoms with Crippen molar-refractivity contribution < 1.29 is 0 Å². The third-order valence-electron chi connectivity index (χ3n) is 1.66. The Bertz CT molecular complexity index is 506. The fourth-order valence-corrected chi connectivity index (χ4v) is 1.77. The highest BCUT2D eigenvalue weighted by Crippen LogP contribution is 2.21. The SMILES string of the molecule is Clc1nc(-c2cncc(Br)c2)ncc1I. The Labute approximate surface area is 114 Å². The van der Waals surface area contributed by atoms with E-state index in [1.165, 1.54) is 0 Å². The summed E-state index contributed by atoms with van der Waals surface area (Å²) in [6.07, 6.45) is 5.09. The van der Waals surface area contributed by atoms with Crippen molar-refractivity contribution in [3.05, 3.63) is 37.9 Å². The normalized spacial score (nSPS) is 10.3. The third kappa shape index (κ3) is 2.64. The molecule has 2 aromatic rings. The maximum atomic E-state index is 5.91. The number of pyridine rings is 1. The predicted octanol–water partition coefficient (Wildman–Crippen LogP) is 3.56. The van der Waals surface area contributed by atoms with Crippen LogP contribution in [0.15, 0.2) is 29.1 Å². The molecular formula is C9H4BrClIN3. The Hall–Kier alpha value is -0.270. The first-order valence-corrected chi connectivity index (χ1v) is 6.21. The van der Waals surface area contributed by atoms with Gasteiger partial charge >= 0.3 is 0 Å². The van der Waals surface area contributed by atoms with Gasteiger partial charge in [0.25, 0.3) is 0 Å². The highest BCUT2D eigenvalue weighted by molar-refractivity contribution is 14.1. The summed E-state index contributed by atoms with van der Waals surface area (Å²) in [5.74, 6) is 0.578. The van der Waals surface area contributed by atoms with Crippen LogP contribution in [0.2, 0.25) is 5.15 Å². The van der Waals surface area contributed by atoms with Crippen molar-refractivity contribution in [2.75, 3.05) is 0 Å². The van der Waals surface area contributed by atoms with E-state index in [1.807, 2.05) is 6.07 Å². The monoisotopic (exact) mass is 395 g/mol. The lowest BCUT2D eigenvalue weighted by Gasteiger charge is -2.01. The van der Waals surface area contributed by atoms with Gasteiger partial charge in [0.2, 0.25) is 0 Å². The van der Waals surface area contributed by atoms with Crippen molar-refractivity contribution >= 4 is 50.1 Å². The van der Waals surface area contributed by atoms with E-state index >= 15 is 0 Å². The predicted molar refractivity (Wildman–Crippen MR) is 70.7 cm³/mol.